The molecule has 1 rings (SSSR count). The normalized spacial score (nSPS) is 17.4. The van der Waals surface area contributed by atoms with Crippen LogP contribution in [0.2, 0.25) is 0 Å². The van der Waals surface area contributed by atoms with E-state index in [1.54, 1.807) is 9.80 Å². The lowest BCUT2D eigenvalue weighted by Gasteiger charge is -2.31. The predicted molar refractivity (Wildman–Crippen MR) is 64.4 cm³/mol. The third-order valence-electron chi connectivity index (χ3n) is 3.25. The van der Waals surface area contributed by atoms with Crippen molar-refractivity contribution in [3.63, 3.8) is 0 Å². The Kier molecular flexibility index (Phi) is 5.41. The van der Waals surface area contributed by atoms with Gasteiger partial charge in [0.15, 0.2) is 0 Å². The lowest BCUT2D eigenvalue weighted by molar-refractivity contribution is -0.144. The highest BCUT2D eigenvalue weighted by molar-refractivity contribution is 5.88. The summed E-state index contributed by atoms with van der Waals surface area (Å²) in [5.74, 6) is -0.0109. The van der Waals surface area contributed by atoms with Gasteiger partial charge >= 0.3 is 0 Å². The standard InChI is InChI=1S/C12H22N2O3/c1-3-13(4-2)12(17)10(7-9-15)14-8-5-6-11(14)16/h10,15H,3-9H2,1-2H3. The molecule has 5 heteroatoms. The summed E-state index contributed by atoms with van der Waals surface area (Å²) in [4.78, 5) is 27.3. The molecule has 5 nitrogen and oxygen atoms in total. The molecule has 0 bridgehead atoms. The molecule has 0 spiro atoms. The fourth-order valence-electron chi connectivity index (χ4n) is 2.28. The molecule has 1 heterocycles. The second-order valence-electron chi connectivity index (χ2n) is 4.23. The van der Waals surface area contributed by atoms with E-state index in [2.05, 4.69) is 0 Å². The van der Waals surface area contributed by atoms with Gasteiger partial charge in [0, 0.05) is 32.7 Å². The minimum absolute atomic E-state index is 0.0314. The van der Waals surface area contributed by atoms with E-state index >= 15 is 0 Å². The molecule has 1 saturated heterocycles. The van der Waals surface area contributed by atoms with Gasteiger partial charge in [-0.3, -0.25) is 9.59 Å². The Bertz CT molecular complexity index is 277. The molecule has 0 radical (unpaired) electrons. The summed E-state index contributed by atoms with van der Waals surface area (Å²) >= 11 is 0. The number of aliphatic hydroxyl groups is 1. The van der Waals surface area contributed by atoms with E-state index in [4.69, 9.17) is 5.11 Å². The van der Waals surface area contributed by atoms with E-state index in [9.17, 15) is 9.59 Å². The van der Waals surface area contributed by atoms with Gasteiger partial charge in [-0.1, -0.05) is 0 Å². The van der Waals surface area contributed by atoms with Crippen molar-refractivity contribution in [3.05, 3.63) is 0 Å². The van der Waals surface area contributed by atoms with Gasteiger partial charge in [0.2, 0.25) is 11.8 Å². The van der Waals surface area contributed by atoms with Gasteiger partial charge in [0.05, 0.1) is 0 Å². The molecule has 2 amide bonds. The highest BCUT2D eigenvalue weighted by atomic mass is 16.3. The molecule has 1 atom stereocenters. The first-order valence-electron chi connectivity index (χ1n) is 6.34. The monoisotopic (exact) mass is 242 g/mol. The van der Waals surface area contributed by atoms with Crippen molar-refractivity contribution < 1.29 is 14.7 Å². The van der Waals surface area contributed by atoms with Crippen molar-refractivity contribution in [3.8, 4) is 0 Å². The first kappa shape index (κ1) is 14.0. The Labute approximate surface area is 102 Å². The van der Waals surface area contributed by atoms with Crippen molar-refractivity contribution >= 4 is 11.8 Å². The SMILES string of the molecule is CCN(CC)C(=O)C(CCO)N1CCCC1=O. The van der Waals surface area contributed by atoms with Crippen LogP contribution in [0, 0.1) is 0 Å². The minimum atomic E-state index is -0.477. The number of amides is 2. The van der Waals surface area contributed by atoms with E-state index in [1.165, 1.54) is 0 Å². The topological polar surface area (TPSA) is 60.9 Å². The summed E-state index contributed by atoms with van der Waals surface area (Å²) in [6, 6.07) is -0.477. The van der Waals surface area contributed by atoms with Crippen molar-refractivity contribution in [1.29, 1.82) is 0 Å². The van der Waals surface area contributed by atoms with E-state index in [0.717, 1.165) is 6.42 Å². The average Bonchev–Trinajstić information content (AvgIpc) is 2.73. The van der Waals surface area contributed by atoms with Crippen LogP contribution in [-0.4, -0.2) is 59.0 Å². The lowest BCUT2D eigenvalue weighted by atomic mass is 10.1. The third kappa shape index (κ3) is 3.19. The molecule has 1 fully saturated rings. The molecule has 98 valence electrons. The maximum absolute atomic E-state index is 12.2. The molecule has 17 heavy (non-hydrogen) atoms. The molecule has 0 saturated carbocycles. The highest BCUT2D eigenvalue weighted by Gasteiger charge is 2.33. The van der Waals surface area contributed by atoms with Crippen LogP contribution in [0.5, 0.6) is 0 Å². The first-order chi connectivity index (χ1) is 8.15. The summed E-state index contributed by atoms with van der Waals surface area (Å²) in [6.07, 6.45) is 1.67. The summed E-state index contributed by atoms with van der Waals surface area (Å²) in [5.41, 5.74) is 0. The maximum Gasteiger partial charge on any atom is 0.245 e. The number of likely N-dealkylation sites (N-methyl/N-ethyl adjacent to an activating group) is 1. The van der Waals surface area contributed by atoms with Crippen molar-refractivity contribution in [2.45, 2.75) is 39.2 Å². The van der Waals surface area contributed by atoms with Crippen LogP contribution >= 0.6 is 0 Å². The quantitative estimate of drug-likeness (QED) is 0.725. The summed E-state index contributed by atoms with van der Waals surface area (Å²) in [6.45, 7) is 5.68. The molecule has 0 aromatic heterocycles. The summed E-state index contributed by atoms with van der Waals surface area (Å²) in [5, 5.41) is 9.05. The molecule has 0 aliphatic carbocycles. The Hall–Kier alpha value is -1.10. The molecule has 1 aliphatic rings. The van der Waals surface area contributed by atoms with Gasteiger partial charge in [-0.25, -0.2) is 0 Å². The molecule has 1 unspecified atom stereocenters. The zero-order chi connectivity index (χ0) is 12.8. The van der Waals surface area contributed by atoms with Crippen LogP contribution < -0.4 is 0 Å². The lowest BCUT2D eigenvalue weighted by Crippen LogP contribution is -2.49. The molecule has 0 aromatic carbocycles. The number of hydrogen-bond acceptors (Lipinski definition) is 3. The first-order valence-corrected chi connectivity index (χ1v) is 6.34. The zero-order valence-electron chi connectivity index (χ0n) is 10.7. The Morgan fingerprint density at radius 1 is 1.47 bits per heavy atom. The van der Waals surface area contributed by atoms with Crippen LogP contribution in [0.25, 0.3) is 0 Å². The summed E-state index contributed by atoms with van der Waals surface area (Å²) in [7, 11) is 0. The average molecular weight is 242 g/mol. The Morgan fingerprint density at radius 3 is 2.53 bits per heavy atom. The van der Waals surface area contributed by atoms with Crippen LogP contribution in [0.15, 0.2) is 0 Å². The molecular formula is C12H22N2O3. The Morgan fingerprint density at radius 2 is 2.12 bits per heavy atom. The minimum Gasteiger partial charge on any atom is -0.396 e. The molecule has 1 aliphatic heterocycles. The fourth-order valence-corrected chi connectivity index (χ4v) is 2.28. The zero-order valence-corrected chi connectivity index (χ0v) is 10.7. The largest absolute Gasteiger partial charge is 0.396 e. The van der Waals surface area contributed by atoms with Crippen molar-refractivity contribution in [2.75, 3.05) is 26.2 Å². The van der Waals surface area contributed by atoms with Gasteiger partial charge in [0.1, 0.15) is 6.04 Å². The van der Waals surface area contributed by atoms with Crippen LogP contribution in [0.4, 0.5) is 0 Å². The summed E-state index contributed by atoms with van der Waals surface area (Å²) < 4.78 is 0. The highest BCUT2D eigenvalue weighted by Crippen LogP contribution is 2.17. The third-order valence-corrected chi connectivity index (χ3v) is 3.25. The molecule has 0 aromatic rings. The van der Waals surface area contributed by atoms with Gasteiger partial charge in [-0.15, -0.1) is 0 Å². The number of nitrogens with zero attached hydrogens (tertiary/aromatic N) is 2. The van der Waals surface area contributed by atoms with Gasteiger partial charge < -0.3 is 14.9 Å². The number of rotatable bonds is 6. The number of likely N-dealkylation sites (tertiary alicyclic amines) is 1. The predicted octanol–water partition coefficient (Wildman–Crippen LogP) is 0.228. The molecular weight excluding hydrogens is 220 g/mol. The smallest absolute Gasteiger partial charge is 0.245 e. The second-order valence-corrected chi connectivity index (χ2v) is 4.23. The maximum atomic E-state index is 12.2. The van der Waals surface area contributed by atoms with Crippen molar-refractivity contribution in [2.24, 2.45) is 0 Å². The van der Waals surface area contributed by atoms with Crippen LogP contribution in [0.3, 0.4) is 0 Å². The number of carbonyl (C=O) groups is 2. The molecule has 1 N–H and O–H groups in total. The van der Waals surface area contributed by atoms with E-state index in [0.29, 0.717) is 32.5 Å². The number of hydrogen-bond donors (Lipinski definition) is 1. The van der Waals surface area contributed by atoms with Crippen LogP contribution in [0.1, 0.15) is 33.1 Å². The van der Waals surface area contributed by atoms with Gasteiger partial charge in [-0.05, 0) is 26.7 Å². The van der Waals surface area contributed by atoms with Crippen LogP contribution in [-0.2, 0) is 9.59 Å². The number of carbonyl (C=O) groups excluding carboxylic acids is 2. The van der Waals surface area contributed by atoms with Gasteiger partial charge in [0.25, 0.3) is 0 Å². The van der Waals surface area contributed by atoms with Crippen molar-refractivity contribution in [1.82, 2.24) is 9.80 Å². The second kappa shape index (κ2) is 6.59. The fraction of sp³-hybridized carbons (Fsp3) is 0.833. The Balaban J connectivity index is 2.76. The van der Waals surface area contributed by atoms with E-state index in [1.807, 2.05) is 13.8 Å². The van der Waals surface area contributed by atoms with E-state index < -0.39 is 6.04 Å². The van der Waals surface area contributed by atoms with Gasteiger partial charge in [-0.2, -0.15) is 0 Å². The van der Waals surface area contributed by atoms with E-state index in [-0.39, 0.29) is 18.4 Å². The number of aliphatic hydroxyl groups excluding tert-OH is 1.